The van der Waals surface area contributed by atoms with Crippen LogP contribution in [0.4, 0.5) is 0 Å². The summed E-state index contributed by atoms with van der Waals surface area (Å²) < 4.78 is 13.5. The molecule has 4 rings (SSSR count). The van der Waals surface area contributed by atoms with Crippen LogP contribution in [0.1, 0.15) is 36.8 Å². The number of rotatable bonds is 8. The summed E-state index contributed by atoms with van der Waals surface area (Å²) in [5.74, 6) is 1.69. The Morgan fingerprint density at radius 2 is 1.90 bits per heavy atom. The van der Waals surface area contributed by atoms with Gasteiger partial charge in [0.15, 0.2) is 11.5 Å². The largest absolute Gasteiger partial charge is 0.493 e. The Bertz CT molecular complexity index is 1020. The molecule has 0 amide bonds. The number of aryl methyl sites for hydroxylation is 2. The Morgan fingerprint density at radius 1 is 1.07 bits per heavy atom. The summed E-state index contributed by atoms with van der Waals surface area (Å²) in [7, 11) is 5.52. The SMILES string of the molecule is COc1cc2c(ccn2C)c(CCCCC2CC(c3ccccc3)=CCN2)c1OC. The van der Waals surface area contributed by atoms with Gasteiger partial charge in [-0.15, -0.1) is 0 Å². The molecule has 3 aromatic rings. The number of nitrogens with zero attached hydrogens (tertiary/aromatic N) is 1. The van der Waals surface area contributed by atoms with Gasteiger partial charge in [0.05, 0.1) is 19.7 Å². The highest BCUT2D eigenvalue weighted by atomic mass is 16.5. The third-order valence-electron chi connectivity index (χ3n) is 6.23. The van der Waals surface area contributed by atoms with Crippen molar-refractivity contribution in [3.63, 3.8) is 0 Å². The summed E-state index contributed by atoms with van der Waals surface area (Å²) in [6, 6.07) is 15.6. The summed E-state index contributed by atoms with van der Waals surface area (Å²) in [5, 5.41) is 4.93. The maximum absolute atomic E-state index is 5.74. The summed E-state index contributed by atoms with van der Waals surface area (Å²) >= 11 is 0. The molecule has 0 spiro atoms. The van der Waals surface area contributed by atoms with Gasteiger partial charge in [-0.2, -0.15) is 0 Å². The molecule has 1 unspecified atom stereocenters. The molecule has 0 aliphatic carbocycles. The van der Waals surface area contributed by atoms with Crippen molar-refractivity contribution in [2.45, 2.75) is 38.1 Å². The first-order valence-electron chi connectivity index (χ1n) is 10.9. The molecule has 4 heteroatoms. The number of fused-ring (bicyclic) bond motifs is 1. The van der Waals surface area contributed by atoms with Gasteiger partial charge in [-0.1, -0.05) is 42.8 Å². The lowest BCUT2D eigenvalue weighted by Gasteiger charge is -2.24. The summed E-state index contributed by atoms with van der Waals surface area (Å²) in [6.45, 7) is 0.962. The van der Waals surface area contributed by atoms with E-state index < -0.39 is 0 Å². The highest BCUT2D eigenvalue weighted by molar-refractivity contribution is 5.88. The van der Waals surface area contributed by atoms with Crippen molar-refractivity contribution in [2.24, 2.45) is 7.05 Å². The molecule has 1 aromatic heterocycles. The van der Waals surface area contributed by atoms with Crippen LogP contribution < -0.4 is 14.8 Å². The van der Waals surface area contributed by atoms with E-state index in [0.717, 1.165) is 37.3 Å². The minimum Gasteiger partial charge on any atom is -0.493 e. The standard InChI is InChI=1S/C26H32N2O2/c1-28-16-14-22-23(26(30-3)25(29-2)18-24(22)28)12-8-7-11-21-17-20(13-15-27-21)19-9-5-4-6-10-19/h4-6,9-10,13-14,16,18,21,27H,7-8,11-12,15,17H2,1-3H3. The third-order valence-corrected chi connectivity index (χ3v) is 6.23. The van der Waals surface area contributed by atoms with Crippen LogP contribution in [0.2, 0.25) is 0 Å². The van der Waals surface area contributed by atoms with Crippen molar-refractivity contribution < 1.29 is 9.47 Å². The topological polar surface area (TPSA) is 35.4 Å². The Labute approximate surface area is 179 Å². The average molecular weight is 405 g/mol. The fraction of sp³-hybridized carbons (Fsp3) is 0.385. The van der Waals surface area contributed by atoms with Gasteiger partial charge < -0.3 is 19.4 Å². The van der Waals surface area contributed by atoms with Crippen LogP contribution in [0.25, 0.3) is 16.5 Å². The van der Waals surface area contributed by atoms with Crippen LogP contribution in [0, 0.1) is 0 Å². The Balaban J connectivity index is 1.39. The molecular formula is C26H32N2O2. The average Bonchev–Trinajstić information content (AvgIpc) is 3.17. The van der Waals surface area contributed by atoms with E-state index in [9.17, 15) is 0 Å². The van der Waals surface area contributed by atoms with E-state index in [1.165, 1.54) is 40.4 Å². The molecule has 0 saturated carbocycles. The van der Waals surface area contributed by atoms with E-state index in [0.29, 0.717) is 6.04 Å². The van der Waals surface area contributed by atoms with E-state index in [2.05, 4.69) is 71.7 Å². The lowest BCUT2D eigenvalue weighted by Crippen LogP contribution is -2.32. The van der Waals surface area contributed by atoms with E-state index in [4.69, 9.17) is 9.47 Å². The fourth-order valence-corrected chi connectivity index (χ4v) is 4.62. The number of benzene rings is 2. The van der Waals surface area contributed by atoms with Crippen molar-refractivity contribution >= 4 is 16.5 Å². The number of ether oxygens (including phenoxy) is 2. The van der Waals surface area contributed by atoms with Gasteiger partial charge >= 0.3 is 0 Å². The van der Waals surface area contributed by atoms with Crippen LogP contribution in [-0.2, 0) is 13.5 Å². The molecule has 1 atom stereocenters. The van der Waals surface area contributed by atoms with Gasteiger partial charge in [0, 0.05) is 42.8 Å². The molecule has 4 nitrogen and oxygen atoms in total. The normalized spacial score (nSPS) is 16.5. The van der Waals surface area contributed by atoms with E-state index in [-0.39, 0.29) is 0 Å². The molecule has 0 radical (unpaired) electrons. The molecule has 1 N–H and O–H groups in total. The van der Waals surface area contributed by atoms with Gasteiger partial charge in [0.25, 0.3) is 0 Å². The first-order chi connectivity index (χ1) is 14.7. The van der Waals surface area contributed by atoms with Crippen molar-refractivity contribution in [1.82, 2.24) is 9.88 Å². The Kier molecular flexibility index (Phi) is 6.44. The van der Waals surface area contributed by atoms with Crippen molar-refractivity contribution in [2.75, 3.05) is 20.8 Å². The maximum atomic E-state index is 5.74. The molecule has 0 saturated heterocycles. The van der Waals surface area contributed by atoms with E-state index >= 15 is 0 Å². The first kappa shape index (κ1) is 20.5. The second-order valence-electron chi connectivity index (χ2n) is 8.10. The summed E-state index contributed by atoms with van der Waals surface area (Å²) in [6.07, 6.45) is 10.1. The number of methoxy groups -OCH3 is 2. The molecular weight excluding hydrogens is 372 g/mol. The van der Waals surface area contributed by atoms with Crippen LogP contribution in [0.15, 0.2) is 54.7 Å². The predicted molar refractivity (Wildman–Crippen MR) is 124 cm³/mol. The smallest absolute Gasteiger partial charge is 0.164 e. The van der Waals surface area contributed by atoms with Crippen molar-refractivity contribution in [3.8, 4) is 11.5 Å². The highest BCUT2D eigenvalue weighted by Crippen LogP contribution is 2.38. The van der Waals surface area contributed by atoms with E-state index in [1.54, 1.807) is 14.2 Å². The zero-order chi connectivity index (χ0) is 20.9. The zero-order valence-corrected chi connectivity index (χ0v) is 18.3. The number of nitrogens with one attached hydrogen (secondary N) is 1. The fourth-order valence-electron chi connectivity index (χ4n) is 4.62. The number of hydrogen-bond donors (Lipinski definition) is 1. The van der Waals surface area contributed by atoms with Crippen LogP contribution >= 0.6 is 0 Å². The molecule has 2 heterocycles. The lowest BCUT2D eigenvalue weighted by molar-refractivity contribution is 0.352. The van der Waals surface area contributed by atoms with Crippen molar-refractivity contribution in [3.05, 3.63) is 65.9 Å². The molecule has 158 valence electrons. The van der Waals surface area contributed by atoms with Crippen LogP contribution in [0.3, 0.4) is 0 Å². The molecule has 0 fully saturated rings. The van der Waals surface area contributed by atoms with Gasteiger partial charge in [-0.25, -0.2) is 0 Å². The number of hydrogen-bond acceptors (Lipinski definition) is 3. The monoisotopic (exact) mass is 404 g/mol. The van der Waals surface area contributed by atoms with Gasteiger partial charge in [0.1, 0.15) is 0 Å². The zero-order valence-electron chi connectivity index (χ0n) is 18.3. The Morgan fingerprint density at radius 3 is 2.67 bits per heavy atom. The minimum atomic E-state index is 0.550. The second kappa shape index (κ2) is 9.40. The molecule has 2 aromatic carbocycles. The predicted octanol–water partition coefficient (Wildman–Crippen LogP) is 5.35. The van der Waals surface area contributed by atoms with Gasteiger partial charge in [-0.3, -0.25) is 0 Å². The van der Waals surface area contributed by atoms with E-state index in [1.807, 2.05) is 0 Å². The third kappa shape index (κ3) is 4.24. The summed E-state index contributed by atoms with van der Waals surface area (Å²) in [4.78, 5) is 0. The van der Waals surface area contributed by atoms with Gasteiger partial charge in [-0.05, 0) is 42.9 Å². The molecule has 1 aliphatic rings. The number of aromatic nitrogens is 1. The van der Waals surface area contributed by atoms with Gasteiger partial charge in [0.2, 0.25) is 0 Å². The Hall–Kier alpha value is -2.72. The first-order valence-corrected chi connectivity index (χ1v) is 10.9. The highest BCUT2D eigenvalue weighted by Gasteiger charge is 2.18. The minimum absolute atomic E-state index is 0.550. The van der Waals surface area contributed by atoms with Crippen LogP contribution in [-0.4, -0.2) is 31.4 Å². The summed E-state index contributed by atoms with van der Waals surface area (Å²) in [5.41, 5.74) is 5.28. The molecule has 0 bridgehead atoms. The molecule has 1 aliphatic heterocycles. The lowest BCUT2D eigenvalue weighted by atomic mass is 9.92. The maximum Gasteiger partial charge on any atom is 0.164 e. The quantitative estimate of drug-likeness (QED) is 0.514. The molecule has 30 heavy (non-hydrogen) atoms. The van der Waals surface area contributed by atoms with Crippen molar-refractivity contribution in [1.29, 1.82) is 0 Å². The second-order valence-corrected chi connectivity index (χ2v) is 8.10. The van der Waals surface area contributed by atoms with Crippen LogP contribution in [0.5, 0.6) is 11.5 Å². The number of unbranched alkanes of at least 4 members (excludes halogenated alkanes) is 1.